The number of halogens is 1. The number of thioether (sulfide) groups is 1. The highest BCUT2D eigenvalue weighted by Gasteiger charge is 2.13. The zero-order valence-electron chi connectivity index (χ0n) is 9.27. The summed E-state index contributed by atoms with van der Waals surface area (Å²) in [6, 6.07) is 4.68. The first-order valence-corrected chi connectivity index (χ1v) is 5.94. The Morgan fingerprint density at radius 3 is 2.81 bits per heavy atom. The van der Waals surface area contributed by atoms with E-state index in [1.165, 1.54) is 17.8 Å². The van der Waals surface area contributed by atoms with Crippen LogP contribution in [0.3, 0.4) is 0 Å². The Bertz CT molecular complexity index is 394. The summed E-state index contributed by atoms with van der Waals surface area (Å²) >= 11 is 1.50. The highest BCUT2D eigenvalue weighted by molar-refractivity contribution is 7.99. The van der Waals surface area contributed by atoms with E-state index in [0.29, 0.717) is 10.8 Å². The molecule has 0 saturated heterocycles. The van der Waals surface area contributed by atoms with Crippen LogP contribution in [0, 0.1) is 11.7 Å². The number of nitrogens with two attached hydrogens (primary N) is 1. The summed E-state index contributed by atoms with van der Waals surface area (Å²) in [6.07, 6.45) is 0. The van der Waals surface area contributed by atoms with Crippen LogP contribution in [0.2, 0.25) is 0 Å². The highest BCUT2D eigenvalue weighted by Crippen LogP contribution is 2.26. The Labute approximate surface area is 98.5 Å². The molecule has 0 radical (unpaired) electrons. The second-order valence-electron chi connectivity index (χ2n) is 3.80. The molecule has 1 rings (SSSR count). The molecule has 0 aliphatic heterocycles. The Balaban J connectivity index is 3.03. The van der Waals surface area contributed by atoms with Crippen molar-refractivity contribution in [2.24, 2.45) is 16.8 Å². The lowest BCUT2D eigenvalue weighted by Gasteiger charge is -2.10. The van der Waals surface area contributed by atoms with Crippen molar-refractivity contribution in [3.8, 4) is 0 Å². The summed E-state index contributed by atoms with van der Waals surface area (Å²) in [6.45, 7) is 4.16. The molecule has 1 aromatic carbocycles. The quantitative estimate of drug-likeness (QED) is 0.280. The average Bonchev–Trinajstić information content (AvgIpc) is 2.25. The van der Waals surface area contributed by atoms with E-state index < -0.39 is 5.82 Å². The van der Waals surface area contributed by atoms with Crippen molar-refractivity contribution < 1.29 is 9.60 Å². The third-order valence-electron chi connectivity index (χ3n) is 1.91. The fraction of sp³-hybridized carbons (Fsp3) is 0.364. The van der Waals surface area contributed by atoms with Gasteiger partial charge in [-0.1, -0.05) is 25.1 Å². The number of oxime groups is 1. The average molecular weight is 242 g/mol. The molecule has 0 heterocycles. The van der Waals surface area contributed by atoms with E-state index in [2.05, 4.69) is 19.0 Å². The molecule has 1 aromatic rings. The number of hydrogen-bond acceptors (Lipinski definition) is 3. The second-order valence-corrected chi connectivity index (χ2v) is 4.86. The van der Waals surface area contributed by atoms with Crippen molar-refractivity contribution in [1.82, 2.24) is 0 Å². The molecule has 0 amide bonds. The monoisotopic (exact) mass is 242 g/mol. The number of amidine groups is 1. The predicted molar refractivity (Wildman–Crippen MR) is 64.5 cm³/mol. The molecule has 0 aliphatic rings. The van der Waals surface area contributed by atoms with Crippen LogP contribution < -0.4 is 5.73 Å². The Morgan fingerprint density at radius 2 is 2.25 bits per heavy atom. The minimum absolute atomic E-state index is 0.177. The van der Waals surface area contributed by atoms with Crippen molar-refractivity contribution in [3.63, 3.8) is 0 Å². The summed E-state index contributed by atoms with van der Waals surface area (Å²) in [7, 11) is 0. The number of nitrogens with zero attached hydrogens (tertiary/aromatic N) is 1. The summed E-state index contributed by atoms with van der Waals surface area (Å²) in [5, 5.41) is 11.4. The third-order valence-corrected chi connectivity index (χ3v) is 3.40. The van der Waals surface area contributed by atoms with E-state index in [4.69, 9.17) is 10.9 Å². The molecule has 16 heavy (non-hydrogen) atoms. The van der Waals surface area contributed by atoms with Crippen molar-refractivity contribution in [1.29, 1.82) is 0 Å². The van der Waals surface area contributed by atoms with Gasteiger partial charge in [0.25, 0.3) is 0 Å². The van der Waals surface area contributed by atoms with Gasteiger partial charge in [-0.25, -0.2) is 4.39 Å². The van der Waals surface area contributed by atoms with Gasteiger partial charge in [-0.3, -0.25) is 0 Å². The molecule has 5 heteroatoms. The van der Waals surface area contributed by atoms with Crippen LogP contribution in [0.15, 0.2) is 28.3 Å². The molecule has 0 spiro atoms. The molecule has 0 saturated carbocycles. The van der Waals surface area contributed by atoms with Crippen LogP contribution in [0.1, 0.15) is 19.4 Å². The van der Waals surface area contributed by atoms with E-state index in [1.807, 2.05) is 0 Å². The van der Waals surface area contributed by atoms with Gasteiger partial charge in [0, 0.05) is 10.6 Å². The van der Waals surface area contributed by atoms with Gasteiger partial charge in [-0.2, -0.15) is 0 Å². The van der Waals surface area contributed by atoms with Gasteiger partial charge in [0.1, 0.15) is 5.82 Å². The maximum absolute atomic E-state index is 13.5. The Morgan fingerprint density at radius 1 is 1.56 bits per heavy atom. The molecule has 0 aliphatic carbocycles. The fourth-order valence-electron chi connectivity index (χ4n) is 1.18. The van der Waals surface area contributed by atoms with Crippen molar-refractivity contribution >= 4 is 17.6 Å². The van der Waals surface area contributed by atoms with Gasteiger partial charge in [0.15, 0.2) is 5.84 Å². The first-order chi connectivity index (χ1) is 7.56. The normalized spacial score (nSPS) is 12.1. The molecule has 0 unspecified atom stereocenters. The highest BCUT2D eigenvalue weighted by atomic mass is 32.2. The van der Waals surface area contributed by atoms with E-state index in [1.54, 1.807) is 12.1 Å². The SMILES string of the molecule is CC(C)CSc1cccc(F)c1C(N)=NO. The van der Waals surface area contributed by atoms with Crippen LogP contribution in [-0.4, -0.2) is 16.8 Å². The fourth-order valence-corrected chi connectivity index (χ4v) is 2.21. The van der Waals surface area contributed by atoms with E-state index in [9.17, 15) is 4.39 Å². The number of benzene rings is 1. The van der Waals surface area contributed by atoms with Crippen LogP contribution in [0.5, 0.6) is 0 Å². The molecule has 3 nitrogen and oxygen atoms in total. The predicted octanol–water partition coefficient (Wildman–Crippen LogP) is 2.67. The van der Waals surface area contributed by atoms with Crippen LogP contribution in [0.4, 0.5) is 4.39 Å². The van der Waals surface area contributed by atoms with Crippen LogP contribution in [-0.2, 0) is 0 Å². The molecule has 0 atom stereocenters. The molecular formula is C11H15FN2OS. The maximum atomic E-state index is 13.5. The zero-order valence-corrected chi connectivity index (χ0v) is 10.1. The lowest BCUT2D eigenvalue weighted by molar-refractivity contribution is 0.318. The van der Waals surface area contributed by atoms with Gasteiger partial charge in [-0.15, -0.1) is 11.8 Å². The standard InChI is InChI=1S/C11H15FN2OS/c1-7(2)6-16-9-5-3-4-8(12)10(9)11(13)14-15/h3-5,7,15H,6H2,1-2H3,(H2,13,14). The molecule has 0 fully saturated rings. The van der Waals surface area contributed by atoms with Crippen LogP contribution >= 0.6 is 11.8 Å². The second kappa shape index (κ2) is 5.75. The molecule has 0 bridgehead atoms. The van der Waals surface area contributed by atoms with Crippen molar-refractivity contribution in [2.45, 2.75) is 18.7 Å². The van der Waals surface area contributed by atoms with Crippen LogP contribution in [0.25, 0.3) is 0 Å². The number of rotatable bonds is 4. The summed E-state index contributed by atoms with van der Waals surface area (Å²) in [5.41, 5.74) is 5.63. The lowest BCUT2D eigenvalue weighted by Crippen LogP contribution is -2.16. The van der Waals surface area contributed by atoms with Gasteiger partial charge < -0.3 is 10.9 Å². The van der Waals surface area contributed by atoms with E-state index in [-0.39, 0.29) is 11.4 Å². The largest absolute Gasteiger partial charge is 0.409 e. The topological polar surface area (TPSA) is 58.6 Å². The van der Waals surface area contributed by atoms with Crippen molar-refractivity contribution in [2.75, 3.05) is 5.75 Å². The number of hydrogen-bond donors (Lipinski definition) is 2. The van der Waals surface area contributed by atoms with Crippen molar-refractivity contribution in [3.05, 3.63) is 29.6 Å². The van der Waals surface area contributed by atoms with Gasteiger partial charge in [0.2, 0.25) is 0 Å². The maximum Gasteiger partial charge on any atom is 0.174 e. The van der Waals surface area contributed by atoms with Gasteiger partial charge in [-0.05, 0) is 18.1 Å². The smallest absolute Gasteiger partial charge is 0.174 e. The van der Waals surface area contributed by atoms with Gasteiger partial charge in [0.05, 0.1) is 5.56 Å². The minimum Gasteiger partial charge on any atom is -0.409 e. The molecule has 3 N–H and O–H groups in total. The summed E-state index contributed by atoms with van der Waals surface area (Å²) in [5.74, 6) is 0.691. The molecular weight excluding hydrogens is 227 g/mol. The zero-order chi connectivity index (χ0) is 12.1. The Hall–Kier alpha value is -1.23. The van der Waals surface area contributed by atoms with E-state index in [0.717, 1.165) is 5.75 Å². The Kier molecular flexibility index (Phi) is 4.61. The van der Waals surface area contributed by atoms with Gasteiger partial charge >= 0.3 is 0 Å². The first kappa shape index (κ1) is 12.8. The summed E-state index contributed by atoms with van der Waals surface area (Å²) < 4.78 is 13.5. The third kappa shape index (κ3) is 3.13. The van der Waals surface area contributed by atoms with E-state index >= 15 is 0 Å². The first-order valence-electron chi connectivity index (χ1n) is 4.95. The summed E-state index contributed by atoms with van der Waals surface area (Å²) in [4.78, 5) is 0.698. The molecule has 88 valence electrons. The molecule has 0 aromatic heterocycles. The minimum atomic E-state index is -0.468. The lowest BCUT2D eigenvalue weighted by atomic mass is 10.2.